The van der Waals surface area contributed by atoms with Crippen LogP contribution in [-0.2, 0) is 6.54 Å². The average molecular weight is 325 g/mol. The first-order chi connectivity index (χ1) is 11.5. The van der Waals surface area contributed by atoms with Gasteiger partial charge in [-0.2, -0.15) is 0 Å². The van der Waals surface area contributed by atoms with E-state index in [9.17, 15) is 9.59 Å². The molecule has 3 aromatic heterocycles. The summed E-state index contributed by atoms with van der Waals surface area (Å²) in [5, 5.41) is 2.84. The predicted octanol–water partition coefficient (Wildman–Crippen LogP) is 1.25. The first kappa shape index (κ1) is 15.9. The Morgan fingerprint density at radius 1 is 1.21 bits per heavy atom. The summed E-state index contributed by atoms with van der Waals surface area (Å²) < 4.78 is 3.26. The number of hydrogen-bond donors (Lipinski definition) is 1. The topological polar surface area (TPSA) is 81.3 Å². The minimum absolute atomic E-state index is 0.0808. The van der Waals surface area contributed by atoms with E-state index < -0.39 is 0 Å². The van der Waals surface area contributed by atoms with Crippen LogP contribution in [0.5, 0.6) is 0 Å². The van der Waals surface area contributed by atoms with Gasteiger partial charge in [-0.05, 0) is 32.9 Å². The highest BCUT2D eigenvalue weighted by Crippen LogP contribution is 2.11. The molecule has 0 bridgehead atoms. The number of carbonyl (C=O) groups excluding carboxylic acids is 1. The summed E-state index contributed by atoms with van der Waals surface area (Å²) in [7, 11) is 0. The number of hydrogen-bond acceptors (Lipinski definition) is 4. The zero-order valence-electron chi connectivity index (χ0n) is 13.9. The smallest absolute Gasteiger partial charge is 0.270 e. The molecule has 0 radical (unpaired) electrons. The van der Waals surface area contributed by atoms with Crippen molar-refractivity contribution in [1.82, 2.24) is 24.3 Å². The SMILES string of the molecule is Cc1ncn(CCNC(=O)c2c(C)nc3ccccn23)c(=O)c1C. The number of fused-ring (bicyclic) bond motifs is 1. The van der Waals surface area contributed by atoms with Gasteiger partial charge in [-0.1, -0.05) is 6.07 Å². The van der Waals surface area contributed by atoms with Crippen LogP contribution < -0.4 is 10.9 Å². The highest BCUT2D eigenvalue weighted by molar-refractivity contribution is 5.94. The third-order valence-corrected chi connectivity index (χ3v) is 4.07. The van der Waals surface area contributed by atoms with Crippen molar-refractivity contribution in [2.24, 2.45) is 0 Å². The molecule has 3 rings (SSSR count). The standard InChI is InChI=1S/C17H19N5O2/c1-11-12(2)19-10-21(17(11)24)9-7-18-16(23)15-13(3)20-14-6-4-5-8-22(14)15/h4-6,8,10H,7,9H2,1-3H3,(H,18,23). The Bertz CT molecular complexity index is 971. The lowest BCUT2D eigenvalue weighted by Crippen LogP contribution is -2.32. The molecule has 0 saturated carbocycles. The maximum atomic E-state index is 12.5. The van der Waals surface area contributed by atoms with Gasteiger partial charge >= 0.3 is 0 Å². The van der Waals surface area contributed by atoms with Gasteiger partial charge in [0, 0.05) is 30.5 Å². The summed E-state index contributed by atoms with van der Waals surface area (Å²) >= 11 is 0. The van der Waals surface area contributed by atoms with Crippen LogP contribution in [0.1, 0.15) is 27.4 Å². The normalized spacial score (nSPS) is 11.0. The second-order valence-electron chi connectivity index (χ2n) is 5.68. The van der Waals surface area contributed by atoms with Crippen molar-refractivity contribution in [2.75, 3.05) is 6.54 Å². The molecule has 0 aromatic carbocycles. The Morgan fingerprint density at radius 2 is 2.00 bits per heavy atom. The van der Waals surface area contributed by atoms with Crippen LogP contribution in [0.3, 0.4) is 0 Å². The van der Waals surface area contributed by atoms with Gasteiger partial charge in [-0.25, -0.2) is 9.97 Å². The Kier molecular flexibility index (Phi) is 4.16. The summed E-state index contributed by atoms with van der Waals surface area (Å²) in [6.07, 6.45) is 3.32. The highest BCUT2D eigenvalue weighted by Gasteiger charge is 2.15. The van der Waals surface area contributed by atoms with Crippen LogP contribution >= 0.6 is 0 Å². The first-order valence-corrected chi connectivity index (χ1v) is 7.73. The van der Waals surface area contributed by atoms with Crippen molar-refractivity contribution < 1.29 is 4.79 Å². The van der Waals surface area contributed by atoms with Crippen LogP contribution in [0.15, 0.2) is 35.5 Å². The molecule has 0 aliphatic carbocycles. The lowest BCUT2D eigenvalue weighted by molar-refractivity contribution is 0.0945. The predicted molar refractivity (Wildman–Crippen MR) is 90.2 cm³/mol. The van der Waals surface area contributed by atoms with Crippen LogP contribution in [0.2, 0.25) is 0 Å². The van der Waals surface area contributed by atoms with E-state index >= 15 is 0 Å². The average Bonchev–Trinajstić information content (AvgIpc) is 2.90. The molecule has 0 aliphatic heterocycles. The molecular weight excluding hydrogens is 306 g/mol. The number of aryl methyl sites for hydroxylation is 2. The van der Waals surface area contributed by atoms with Crippen LogP contribution in [0.4, 0.5) is 0 Å². The maximum Gasteiger partial charge on any atom is 0.270 e. The second-order valence-corrected chi connectivity index (χ2v) is 5.68. The van der Waals surface area contributed by atoms with Gasteiger partial charge in [0.15, 0.2) is 0 Å². The molecule has 0 saturated heterocycles. The van der Waals surface area contributed by atoms with Crippen molar-refractivity contribution >= 4 is 11.6 Å². The van der Waals surface area contributed by atoms with Crippen LogP contribution in [0.25, 0.3) is 5.65 Å². The third-order valence-electron chi connectivity index (χ3n) is 4.07. The van der Waals surface area contributed by atoms with E-state index in [1.54, 1.807) is 25.2 Å². The molecule has 1 N–H and O–H groups in total. The lowest BCUT2D eigenvalue weighted by Gasteiger charge is -2.09. The third kappa shape index (κ3) is 2.80. The fourth-order valence-corrected chi connectivity index (χ4v) is 2.60. The van der Waals surface area contributed by atoms with Crippen LogP contribution in [-0.4, -0.2) is 31.4 Å². The molecule has 3 aromatic rings. The summed E-state index contributed by atoms with van der Waals surface area (Å²) in [6, 6.07) is 5.58. The fourth-order valence-electron chi connectivity index (χ4n) is 2.60. The van der Waals surface area contributed by atoms with E-state index in [1.165, 1.54) is 10.9 Å². The minimum Gasteiger partial charge on any atom is -0.349 e. The quantitative estimate of drug-likeness (QED) is 0.783. The summed E-state index contributed by atoms with van der Waals surface area (Å²) in [5.74, 6) is -0.212. The number of aromatic nitrogens is 4. The summed E-state index contributed by atoms with van der Waals surface area (Å²) in [4.78, 5) is 33.1. The molecule has 0 spiro atoms. The number of nitrogens with one attached hydrogen (secondary N) is 1. The van der Waals surface area contributed by atoms with Gasteiger partial charge in [0.05, 0.1) is 12.0 Å². The molecule has 1 amide bonds. The largest absolute Gasteiger partial charge is 0.349 e. The lowest BCUT2D eigenvalue weighted by atomic mass is 10.3. The van der Waals surface area contributed by atoms with E-state index in [0.29, 0.717) is 30.0 Å². The minimum atomic E-state index is -0.212. The fraction of sp³-hybridized carbons (Fsp3) is 0.294. The van der Waals surface area contributed by atoms with Crippen molar-refractivity contribution in [3.63, 3.8) is 0 Å². The maximum absolute atomic E-state index is 12.5. The van der Waals surface area contributed by atoms with Crippen molar-refractivity contribution in [2.45, 2.75) is 27.3 Å². The molecule has 0 fully saturated rings. The van der Waals surface area contributed by atoms with Gasteiger partial charge in [0.1, 0.15) is 11.3 Å². The molecule has 124 valence electrons. The van der Waals surface area contributed by atoms with Gasteiger partial charge in [-0.15, -0.1) is 0 Å². The first-order valence-electron chi connectivity index (χ1n) is 7.73. The van der Waals surface area contributed by atoms with E-state index in [2.05, 4.69) is 15.3 Å². The monoisotopic (exact) mass is 325 g/mol. The molecule has 0 atom stereocenters. The molecular formula is C17H19N5O2. The Balaban J connectivity index is 1.73. The number of carbonyl (C=O) groups is 1. The molecule has 0 unspecified atom stereocenters. The zero-order valence-corrected chi connectivity index (χ0v) is 13.9. The molecule has 7 heteroatoms. The Morgan fingerprint density at radius 3 is 2.79 bits per heavy atom. The second kappa shape index (κ2) is 6.27. The number of rotatable bonds is 4. The van der Waals surface area contributed by atoms with E-state index in [1.807, 2.05) is 24.4 Å². The summed E-state index contributed by atoms with van der Waals surface area (Å²) in [5.41, 5.74) is 3.18. The van der Waals surface area contributed by atoms with Crippen molar-refractivity contribution in [3.05, 3.63) is 63.7 Å². The number of amides is 1. The molecule has 24 heavy (non-hydrogen) atoms. The van der Waals surface area contributed by atoms with Gasteiger partial charge in [0.25, 0.3) is 11.5 Å². The Hall–Kier alpha value is -2.96. The zero-order chi connectivity index (χ0) is 17.3. The molecule has 3 heterocycles. The Labute approximate surface area is 139 Å². The molecule has 7 nitrogen and oxygen atoms in total. The number of imidazole rings is 1. The van der Waals surface area contributed by atoms with Crippen LogP contribution in [0, 0.1) is 20.8 Å². The van der Waals surface area contributed by atoms with Gasteiger partial charge in [-0.3, -0.25) is 18.6 Å². The van der Waals surface area contributed by atoms with E-state index in [0.717, 1.165) is 11.3 Å². The van der Waals surface area contributed by atoms with E-state index in [4.69, 9.17) is 0 Å². The van der Waals surface area contributed by atoms with Gasteiger partial charge in [0.2, 0.25) is 0 Å². The van der Waals surface area contributed by atoms with E-state index in [-0.39, 0.29) is 11.5 Å². The highest BCUT2D eigenvalue weighted by atomic mass is 16.2. The number of nitrogens with zero attached hydrogens (tertiary/aromatic N) is 4. The summed E-state index contributed by atoms with van der Waals surface area (Å²) in [6.45, 7) is 6.06. The number of pyridine rings is 1. The molecule has 0 aliphatic rings. The van der Waals surface area contributed by atoms with Crippen molar-refractivity contribution in [1.29, 1.82) is 0 Å². The van der Waals surface area contributed by atoms with Crippen molar-refractivity contribution in [3.8, 4) is 0 Å². The van der Waals surface area contributed by atoms with Gasteiger partial charge < -0.3 is 5.32 Å².